The molecule has 1 atom stereocenters. The summed E-state index contributed by atoms with van der Waals surface area (Å²) in [4.78, 5) is 10.4. The largest absolute Gasteiger partial charge is 0.354 e. The minimum Gasteiger partial charge on any atom is -0.354 e. The number of nitrogens with zero attached hydrogens (tertiary/aromatic N) is 5. The monoisotopic (exact) mass is 253 g/mol. The second kappa shape index (κ2) is 4.87. The lowest BCUT2D eigenvalue weighted by Gasteiger charge is -2.29. The number of rotatable bonds is 4. The Labute approximate surface area is 105 Å². The van der Waals surface area contributed by atoms with E-state index in [9.17, 15) is 0 Å². The van der Waals surface area contributed by atoms with Gasteiger partial charge in [0.15, 0.2) is 0 Å². The fourth-order valence-electron chi connectivity index (χ4n) is 1.89. The molecule has 0 aromatic carbocycles. The molecule has 2 aromatic heterocycles. The van der Waals surface area contributed by atoms with Gasteiger partial charge in [0.05, 0.1) is 0 Å². The molecule has 0 radical (unpaired) electrons. The molecule has 2 rings (SSSR count). The van der Waals surface area contributed by atoms with Crippen LogP contribution in [0.25, 0.3) is 5.78 Å². The molecule has 0 saturated carbocycles. The summed E-state index contributed by atoms with van der Waals surface area (Å²) >= 11 is 6.01. The maximum atomic E-state index is 6.01. The first-order valence-electron chi connectivity index (χ1n) is 5.80. The molecule has 2 aromatic rings. The summed E-state index contributed by atoms with van der Waals surface area (Å²) in [6, 6.07) is 2.25. The zero-order valence-corrected chi connectivity index (χ0v) is 11.0. The van der Waals surface area contributed by atoms with E-state index in [-0.39, 0.29) is 0 Å². The molecule has 17 heavy (non-hydrogen) atoms. The Morgan fingerprint density at radius 3 is 2.88 bits per heavy atom. The van der Waals surface area contributed by atoms with Crippen molar-refractivity contribution in [2.75, 3.05) is 11.4 Å². The minimum atomic E-state index is 0.422. The summed E-state index contributed by atoms with van der Waals surface area (Å²) in [5, 5.41) is 4.63. The molecule has 1 unspecified atom stereocenters. The average molecular weight is 254 g/mol. The fraction of sp³-hybridized carbons (Fsp3) is 0.545. The van der Waals surface area contributed by atoms with E-state index in [1.165, 1.54) is 6.33 Å². The summed E-state index contributed by atoms with van der Waals surface area (Å²) in [7, 11) is 0. The normalized spacial score (nSPS) is 12.9. The van der Waals surface area contributed by atoms with Crippen LogP contribution >= 0.6 is 11.6 Å². The molecule has 0 fully saturated rings. The zero-order valence-electron chi connectivity index (χ0n) is 10.3. The summed E-state index contributed by atoms with van der Waals surface area (Å²) in [5.74, 6) is 1.48. The summed E-state index contributed by atoms with van der Waals surface area (Å²) in [6.07, 6.45) is 2.55. The summed E-state index contributed by atoms with van der Waals surface area (Å²) in [6.45, 7) is 7.35. The highest BCUT2D eigenvalue weighted by Crippen LogP contribution is 2.21. The van der Waals surface area contributed by atoms with E-state index in [4.69, 9.17) is 11.6 Å². The maximum absolute atomic E-state index is 6.01. The molecular formula is C11H16ClN5. The Kier molecular flexibility index (Phi) is 3.47. The Morgan fingerprint density at radius 2 is 2.24 bits per heavy atom. The first kappa shape index (κ1) is 12.1. The summed E-state index contributed by atoms with van der Waals surface area (Å²) in [5.41, 5.74) is 0. The van der Waals surface area contributed by atoms with Crippen LogP contribution in [-0.4, -0.2) is 32.2 Å². The standard InChI is InChI=1S/C11H16ClN5/c1-4-8(3)16(5-2)10-6-9(12)15-11-13-7-14-17(10)11/h6-8H,4-5H2,1-3H3. The predicted octanol–water partition coefficient (Wildman–Crippen LogP) is 2.40. The molecular weight excluding hydrogens is 238 g/mol. The topological polar surface area (TPSA) is 46.3 Å². The van der Waals surface area contributed by atoms with Gasteiger partial charge in [0, 0.05) is 18.7 Å². The van der Waals surface area contributed by atoms with Crippen LogP contribution in [0.5, 0.6) is 0 Å². The van der Waals surface area contributed by atoms with Gasteiger partial charge in [0.2, 0.25) is 0 Å². The van der Waals surface area contributed by atoms with Crippen molar-refractivity contribution in [3.05, 3.63) is 17.5 Å². The van der Waals surface area contributed by atoms with Gasteiger partial charge in [-0.15, -0.1) is 0 Å². The van der Waals surface area contributed by atoms with E-state index in [0.717, 1.165) is 18.8 Å². The predicted molar refractivity (Wildman–Crippen MR) is 68.6 cm³/mol. The van der Waals surface area contributed by atoms with E-state index >= 15 is 0 Å². The van der Waals surface area contributed by atoms with Crippen molar-refractivity contribution < 1.29 is 0 Å². The Morgan fingerprint density at radius 1 is 1.47 bits per heavy atom. The van der Waals surface area contributed by atoms with Crippen LogP contribution in [-0.2, 0) is 0 Å². The Hall–Kier alpha value is -1.36. The molecule has 0 amide bonds. The van der Waals surface area contributed by atoms with Gasteiger partial charge in [0.25, 0.3) is 5.78 Å². The van der Waals surface area contributed by atoms with Crippen LogP contribution in [0.3, 0.4) is 0 Å². The first-order valence-corrected chi connectivity index (χ1v) is 6.18. The average Bonchev–Trinajstić information content (AvgIpc) is 2.77. The Balaban J connectivity index is 2.55. The van der Waals surface area contributed by atoms with Crippen molar-refractivity contribution in [2.24, 2.45) is 0 Å². The van der Waals surface area contributed by atoms with Gasteiger partial charge < -0.3 is 4.90 Å². The van der Waals surface area contributed by atoms with Crippen LogP contribution in [0.4, 0.5) is 5.82 Å². The van der Waals surface area contributed by atoms with E-state index < -0.39 is 0 Å². The molecule has 0 spiro atoms. The van der Waals surface area contributed by atoms with Gasteiger partial charge in [-0.25, -0.2) is 0 Å². The third-order valence-electron chi connectivity index (χ3n) is 2.96. The van der Waals surface area contributed by atoms with Crippen LogP contribution in [0.15, 0.2) is 12.4 Å². The second-order valence-corrected chi connectivity index (χ2v) is 4.34. The van der Waals surface area contributed by atoms with Gasteiger partial charge in [-0.1, -0.05) is 18.5 Å². The lowest BCUT2D eigenvalue weighted by molar-refractivity contribution is 0.614. The second-order valence-electron chi connectivity index (χ2n) is 3.95. The van der Waals surface area contributed by atoms with Crippen LogP contribution in [0, 0.1) is 0 Å². The van der Waals surface area contributed by atoms with E-state index in [1.54, 1.807) is 4.52 Å². The molecule has 0 aliphatic carbocycles. The van der Waals surface area contributed by atoms with E-state index in [1.807, 2.05) is 6.07 Å². The highest BCUT2D eigenvalue weighted by molar-refractivity contribution is 6.29. The van der Waals surface area contributed by atoms with Crippen molar-refractivity contribution >= 4 is 23.2 Å². The lowest BCUT2D eigenvalue weighted by Crippen LogP contribution is -2.34. The smallest absolute Gasteiger partial charge is 0.255 e. The quantitative estimate of drug-likeness (QED) is 0.785. The van der Waals surface area contributed by atoms with Crippen LogP contribution in [0.2, 0.25) is 5.15 Å². The summed E-state index contributed by atoms with van der Waals surface area (Å²) < 4.78 is 1.72. The van der Waals surface area contributed by atoms with Crippen molar-refractivity contribution in [2.45, 2.75) is 33.2 Å². The number of fused-ring (bicyclic) bond motifs is 1. The molecule has 92 valence electrons. The number of aromatic nitrogens is 4. The molecule has 0 saturated heterocycles. The molecule has 6 heteroatoms. The van der Waals surface area contributed by atoms with Crippen molar-refractivity contribution in [1.29, 1.82) is 0 Å². The first-order chi connectivity index (χ1) is 8.17. The van der Waals surface area contributed by atoms with E-state index in [2.05, 4.69) is 40.7 Å². The van der Waals surface area contributed by atoms with Gasteiger partial charge in [0.1, 0.15) is 17.3 Å². The number of hydrogen-bond donors (Lipinski definition) is 0. The van der Waals surface area contributed by atoms with Gasteiger partial charge in [-0.2, -0.15) is 19.6 Å². The molecule has 2 heterocycles. The van der Waals surface area contributed by atoms with Gasteiger partial charge in [-0.3, -0.25) is 0 Å². The Bertz CT molecular complexity index is 510. The van der Waals surface area contributed by atoms with E-state index in [0.29, 0.717) is 17.0 Å². The van der Waals surface area contributed by atoms with Crippen molar-refractivity contribution in [3.8, 4) is 0 Å². The molecule has 0 bridgehead atoms. The van der Waals surface area contributed by atoms with Crippen molar-refractivity contribution in [3.63, 3.8) is 0 Å². The highest BCUT2D eigenvalue weighted by atomic mass is 35.5. The number of hydrogen-bond acceptors (Lipinski definition) is 4. The highest BCUT2D eigenvalue weighted by Gasteiger charge is 2.16. The lowest BCUT2D eigenvalue weighted by atomic mass is 10.2. The maximum Gasteiger partial charge on any atom is 0.255 e. The molecule has 0 aliphatic rings. The third-order valence-corrected chi connectivity index (χ3v) is 3.15. The van der Waals surface area contributed by atoms with Crippen LogP contribution in [0.1, 0.15) is 27.2 Å². The number of anilines is 1. The third kappa shape index (κ3) is 2.20. The van der Waals surface area contributed by atoms with Crippen molar-refractivity contribution in [1.82, 2.24) is 19.6 Å². The molecule has 0 N–H and O–H groups in total. The SMILES string of the molecule is CCC(C)N(CC)c1cc(Cl)nc2ncnn12. The minimum absolute atomic E-state index is 0.422. The van der Waals surface area contributed by atoms with Crippen LogP contribution < -0.4 is 4.90 Å². The molecule has 5 nitrogen and oxygen atoms in total. The van der Waals surface area contributed by atoms with Gasteiger partial charge >= 0.3 is 0 Å². The number of halogens is 1. The zero-order chi connectivity index (χ0) is 12.4. The molecule has 0 aliphatic heterocycles. The van der Waals surface area contributed by atoms with Gasteiger partial charge in [-0.05, 0) is 20.3 Å². The fourth-order valence-corrected chi connectivity index (χ4v) is 2.07.